The van der Waals surface area contributed by atoms with Crippen molar-refractivity contribution in [3.05, 3.63) is 72.3 Å². The zero-order valence-electron chi connectivity index (χ0n) is 20.8. The van der Waals surface area contributed by atoms with E-state index in [-0.39, 0.29) is 23.2 Å². The Hall–Kier alpha value is -3.95. The number of hydrogen-bond acceptors (Lipinski definition) is 5. The van der Waals surface area contributed by atoms with E-state index in [4.69, 9.17) is 4.74 Å². The lowest BCUT2D eigenvalue weighted by molar-refractivity contribution is -0.144. The molecule has 10 heteroatoms. The Morgan fingerprint density at radius 2 is 1.79 bits per heavy atom. The van der Waals surface area contributed by atoms with Gasteiger partial charge in [-0.2, -0.15) is 13.2 Å². The summed E-state index contributed by atoms with van der Waals surface area (Å²) in [5.74, 6) is -0.351. The zero-order chi connectivity index (χ0) is 26.5. The van der Waals surface area contributed by atoms with Gasteiger partial charge in [0.1, 0.15) is 11.6 Å². The summed E-state index contributed by atoms with van der Waals surface area (Å²) in [7, 11) is 1.88. The molecule has 4 aromatic rings. The highest BCUT2D eigenvalue weighted by Crippen LogP contribution is 2.50. The predicted molar refractivity (Wildman–Crippen MR) is 134 cm³/mol. The number of likely N-dealkylation sites (tertiary alicyclic amines) is 1. The maximum Gasteiger partial charge on any atom is 0.437 e. The summed E-state index contributed by atoms with van der Waals surface area (Å²) >= 11 is 0. The van der Waals surface area contributed by atoms with Crippen molar-refractivity contribution in [1.82, 2.24) is 24.4 Å². The molecule has 1 amide bonds. The largest absolute Gasteiger partial charge is 0.488 e. The number of amides is 1. The molecule has 3 aromatic heterocycles. The molecule has 1 aromatic carbocycles. The molecule has 7 nitrogen and oxygen atoms in total. The minimum atomic E-state index is -4.58. The fourth-order valence-corrected chi connectivity index (χ4v) is 6.01. The van der Waals surface area contributed by atoms with Crippen molar-refractivity contribution >= 4 is 17.1 Å². The lowest BCUT2D eigenvalue weighted by atomic mass is 9.62. The predicted octanol–water partition coefficient (Wildman–Crippen LogP) is 5.51. The molecule has 1 spiro atoms. The van der Waals surface area contributed by atoms with Gasteiger partial charge in [-0.05, 0) is 48.8 Å². The number of piperidine rings is 1. The standard InChI is InChI=1S/C28H26F3N5O2/c1-35-23(18-7-3-2-4-8-18)21(22-25(35)34-13-12-32-22)26(37)36-14-6-10-27(17-36)15-19(16-27)38-20-9-5-11-33-24(20)28(29,30)31/h2-5,7-9,11-13,19H,6,10,14-17H2,1H3. The van der Waals surface area contributed by atoms with Gasteiger partial charge in [0.25, 0.3) is 5.91 Å². The lowest BCUT2D eigenvalue weighted by Crippen LogP contribution is -2.55. The third kappa shape index (κ3) is 4.17. The van der Waals surface area contributed by atoms with E-state index in [0.29, 0.717) is 42.7 Å². The van der Waals surface area contributed by atoms with Crippen LogP contribution in [0.1, 0.15) is 41.7 Å². The number of alkyl halides is 3. The number of nitrogens with zero attached hydrogens (tertiary/aromatic N) is 5. The van der Waals surface area contributed by atoms with Crippen LogP contribution in [0, 0.1) is 5.41 Å². The van der Waals surface area contributed by atoms with E-state index in [1.807, 2.05) is 46.8 Å². The Labute approximate surface area is 217 Å². The first-order valence-electron chi connectivity index (χ1n) is 12.6. The molecule has 0 atom stereocenters. The first-order valence-corrected chi connectivity index (χ1v) is 12.6. The Morgan fingerprint density at radius 1 is 1.03 bits per heavy atom. The summed E-state index contributed by atoms with van der Waals surface area (Å²) in [6.45, 7) is 1.13. The van der Waals surface area contributed by atoms with Gasteiger partial charge in [0.2, 0.25) is 0 Å². The normalized spacial score (nSPS) is 21.5. The summed E-state index contributed by atoms with van der Waals surface area (Å²) in [6.07, 6.45) is 2.28. The van der Waals surface area contributed by atoms with Crippen molar-refractivity contribution in [2.24, 2.45) is 12.5 Å². The molecule has 4 heterocycles. The van der Waals surface area contributed by atoms with Gasteiger partial charge in [0.15, 0.2) is 17.1 Å². The van der Waals surface area contributed by atoms with Gasteiger partial charge in [-0.3, -0.25) is 9.78 Å². The number of hydrogen-bond donors (Lipinski definition) is 0. The van der Waals surface area contributed by atoms with Crippen LogP contribution in [0.15, 0.2) is 61.1 Å². The van der Waals surface area contributed by atoms with E-state index in [1.54, 1.807) is 12.4 Å². The average molecular weight is 522 g/mol. The zero-order valence-corrected chi connectivity index (χ0v) is 20.8. The maximum atomic E-state index is 14.1. The van der Waals surface area contributed by atoms with Crippen molar-refractivity contribution in [3.8, 4) is 17.0 Å². The van der Waals surface area contributed by atoms with E-state index in [2.05, 4.69) is 15.0 Å². The smallest absolute Gasteiger partial charge is 0.437 e. The fraction of sp³-hybridized carbons (Fsp3) is 0.357. The van der Waals surface area contributed by atoms with Crippen molar-refractivity contribution < 1.29 is 22.7 Å². The van der Waals surface area contributed by atoms with Crippen LogP contribution in [-0.4, -0.2) is 49.5 Å². The van der Waals surface area contributed by atoms with Gasteiger partial charge in [-0.15, -0.1) is 0 Å². The number of aryl methyl sites for hydroxylation is 1. The molecular weight excluding hydrogens is 495 g/mol. The van der Waals surface area contributed by atoms with Crippen LogP contribution in [0.4, 0.5) is 13.2 Å². The summed E-state index contributed by atoms with van der Waals surface area (Å²) in [6, 6.07) is 12.5. The van der Waals surface area contributed by atoms with Crippen molar-refractivity contribution in [2.75, 3.05) is 13.1 Å². The number of pyridine rings is 1. The molecule has 2 aliphatic rings. The molecule has 1 saturated heterocycles. The second-order valence-corrected chi connectivity index (χ2v) is 10.2. The minimum Gasteiger partial charge on any atom is -0.488 e. The quantitative estimate of drug-likeness (QED) is 0.354. The number of aromatic nitrogens is 4. The third-order valence-corrected chi connectivity index (χ3v) is 7.67. The molecule has 0 radical (unpaired) electrons. The Balaban J connectivity index is 1.24. The van der Waals surface area contributed by atoms with Gasteiger partial charge in [0, 0.05) is 38.7 Å². The Morgan fingerprint density at radius 3 is 2.55 bits per heavy atom. The molecule has 196 valence electrons. The molecule has 1 aliphatic heterocycles. The SMILES string of the molecule is Cn1c(-c2ccccc2)c(C(=O)N2CCCC3(CC(Oc4cccnc4C(F)(F)F)C3)C2)c2nccnc21. The number of carbonyl (C=O) groups is 1. The number of halogens is 3. The second kappa shape index (κ2) is 9.11. The molecule has 1 aliphatic carbocycles. The number of carbonyl (C=O) groups excluding carboxylic acids is 1. The molecule has 0 unspecified atom stereocenters. The van der Waals surface area contributed by atoms with Crippen LogP contribution in [-0.2, 0) is 13.2 Å². The summed E-state index contributed by atoms with van der Waals surface area (Å²) in [5.41, 5.74) is 2.20. The molecule has 2 fully saturated rings. The van der Waals surface area contributed by atoms with Crippen LogP contribution in [0.2, 0.25) is 0 Å². The molecule has 38 heavy (non-hydrogen) atoms. The van der Waals surface area contributed by atoms with Gasteiger partial charge in [0.05, 0.1) is 11.3 Å². The highest BCUT2D eigenvalue weighted by Gasteiger charge is 2.50. The van der Waals surface area contributed by atoms with E-state index < -0.39 is 11.9 Å². The maximum absolute atomic E-state index is 14.1. The number of benzene rings is 1. The van der Waals surface area contributed by atoms with E-state index in [0.717, 1.165) is 30.3 Å². The molecule has 0 bridgehead atoms. The van der Waals surface area contributed by atoms with E-state index >= 15 is 0 Å². The topological polar surface area (TPSA) is 73.1 Å². The molecular formula is C28H26F3N5O2. The van der Waals surface area contributed by atoms with Crippen LogP contribution in [0.3, 0.4) is 0 Å². The van der Waals surface area contributed by atoms with Crippen molar-refractivity contribution in [2.45, 2.75) is 38.0 Å². The van der Waals surface area contributed by atoms with Crippen LogP contribution < -0.4 is 4.74 Å². The first-order chi connectivity index (χ1) is 18.3. The second-order valence-electron chi connectivity index (χ2n) is 10.2. The number of fused-ring (bicyclic) bond motifs is 1. The Bertz CT molecular complexity index is 1500. The van der Waals surface area contributed by atoms with Gasteiger partial charge < -0.3 is 14.2 Å². The third-order valence-electron chi connectivity index (χ3n) is 7.67. The fourth-order valence-electron chi connectivity index (χ4n) is 6.01. The summed E-state index contributed by atoms with van der Waals surface area (Å²) in [5, 5.41) is 0. The molecule has 0 N–H and O–H groups in total. The highest BCUT2D eigenvalue weighted by atomic mass is 19.4. The van der Waals surface area contributed by atoms with E-state index in [1.165, 1.54) is 12.1 Å². The highest BCUT2D eigenvalue weighted by molar-refractivity contribution is 6.10. The summed E-state index contributed by atoms with van der Waals surface area (Å²) < 4.78 is 47.7. The molecule has 1 saturated carbocycles. The van der Waals surface area contributed by atoms with Gasteiger partial charge >= 0.3 is 6.18 Å². The van der Waals surface area contributed by atoms with Gasteiger partial charge in [-0.1, -0.05) is 30.3 Å². The average Bonchev–Trinajstić information content (AvgIpc) is 3.20. The van der Waals surface area contributed by atoms with Crippen LogP contribution in [0.5, 0.6) is 5.75 Å². The Kier molecular flexibility index (Phi) is 5.85. The molecule has 6 rings (SSSR count). The monoisotopic (exact) mass is 521 g/mol. The van der Waals surface area contributed by atoms with Crippen molar-refractivity contribution in [1.29, 1.82) is 0 Å². The lowest BCUT2D eigenvalue weighted by Gasteiger charge is -2.52. The number of ether oxygens (including phenoxy) is 1. The van der Waals surface area contributed by atoms with Crippen molar-refractivity contribution in [3.63, 3.8) is 0 Å². The summed E-state index contributed by atoms with van der Waals surface area (Å²) in [4.78, 5) is 28.4. The number of rotatable bonds is 4. The van der Waals surface area contributed by atoms with Crippen LogP contribution in [0.25, 0.3) is 22.4 Å². The van der Waals surface area contributed by atoms with Crippen LogP contribution >= 0.6 is 0 Å². The minimum absolute atomic E-state index is 0.106. The van der Waals surface area contributed by atoms with E-state index in [9.17, 15) is 18.0 Å². The first kappa shape index (κ1) is 24.4. The van der Waals surface area contributed by atoms with Gasteiger partial charge in [-0.25, -0.2) is 9.97 Å².